The molecule has 0 spiro atoms. The second-order valence-corrected chi connectivity index (χ2v) is 2.58. The van der Waals surface area contributed by atoms with Crippen molar-refractivity contribution in [1.82, 2.24) is 4.98 Å². The zero-order valence-corrected chi connectivity index (χ0v) is 7.87. The van der Waals surface area contributed by atoms with Crippen molar-refractivity contribution in [2.45, 2.75) is 6.92 Å². The molecule has 0 atom stereocenters. The van der Waals surface area contributed by atoms with Crippen molar-refractivity contribution in [3.63, 3.8) is 0 Å². The number of hydrogen-bond acceptors (Lipinski definition) is 3. The molecule has 0 fully saturated rings. The molecule has 0 aromatic carbocycles. The largest absolute Gasteiger partial charge is 0.479 e. The van der Waals surface area contributed by atoms with Gasteiger partial charge in [-0.25, -0.2) is 4.98 Å². The summed E-state index contributed by atoms with van der Waals surface area (Å²) < 4.78 is 5.04. The van der Waals surface area contributed by atoms with Crippen LogP contribution in [0.1, 0.15) is 11.1 Å². The normalized spacial score (nSPS) is 9.38. The van der Waals surface area contributed by atoms with Gasteiger partial charge in [0.05, 0.1) is 7.11 Å². The summed E-state index contributed by atoms with van der Waals surface area (Å²) in [5.74, 6) is 0.482. The molecule has 1 rings (SSSR count). The van der Waals surface area contributed by atoms with Crippen molar-refractivity contribution in [3.05, 3.63) is 23.9 Å². The molecule has 0 bridgehead atoms. The summed E-state index contributed by atoms with van der Waals surface area (Å²) in [6.07, 6.45) is 3.45. The van der Waals surface area contributed by atoms with Gasteiger partial charge in [0.15, 0.2) is 0 Å². The van der Waals surface area contributed by atoms with Gasteiger partial charge in [-0.3, -0.25) is 4.99 Å². The van der Waals surface area contributed by atoms with Crippen LogP contribution in [0, 0.1) is 6.92 Å². The standard InChI is InChI=1S/C10H12N2O/c1-5-8-7(2)6-12-10(13-4)9(8)11-3/h5-6H,1,3H2,2,4H3. The smallest absolute Gasteiger partial charge is 0.240 e. The molecule has 0 saturated carbocycles. The molecule has 1 aromatic rings. The van der Waals surface area contributed by atoms with E-state index in [1.54, 1.807) is 19.4 Å². The molecule has 0 amide bonds. The third kappa shape index (κ3) is 1.59. The molecule has 13 heavy (non-hydrogen) atoms. The summed E-state index contributed by atoms with van der Waals surface area (Å²) in [7, 11) is 1.55. The number of nitrogens with zero attached hydrogens (tertiary/aromatic N) is 2. The van der Waals surface area contributed by atoms with Crippen LogP contribution in [0.4, 0.5) is 5.69 Å². The van der Waals surface area contributed by atoms with Crippen molar-refractivity contribution in [2.75, 3.05) is 7.11 Å². The first-order valence-corrected chi connectivity index (χ1v) is 3.87. The predicted molar refractivity (Wildman–Crippen MR) is 54.8 cm³/mol. The highest BCUT2D eigenvalue weighted by Crippen LogP contribution is 2.31. The lowest BCUT2D eigenvalue weighted by Gasteiger charge is -2.07. The highest BCUT2D eigenvalue weighted by atomic mass is 16.5. The predicted octanol–water partition coefficient (Wildman–Crippen LogP) is 2.37. The minimum Gasteiger partial charge on any atom is -0.479 e. The van der Waals surface area contributed by atoms with Gasteiger partial charge in [-0.15, -0.1) is 0 Å². The molecule has 0 unspecified atom stereocenters. The Kier molecular flexibility index (Phi) is 2.80. The summed E-state index contributed by atoms with van der Waals surface area (Å²) in [5, 5.41) is 0. The Hall–Kier alpha value is -1.64. The summed E-state index contributed by atoms with van der Waals surface area (Å²) in [6, 6.07) is 0. The average molecular weight is 176 g/mol. The van der Waals surface area contributed by atoms with E-state index >= 15 is 0 Å². The number of aliphatic imine (C=N–C) groups is 1. The van der Waals surface area contributed by atoms with E-state index in [4.69, 9.17) is 4.74 Å². The van der Waals surface area contributed by atoms with Crippen LogP contribution in [0.25, 0.3) is 6.08 Å². The second kappa shape index (κ2) is 3.85. The second-order valence-electron chi connectivity index (χ2n) is 2.58. The fraction of sp³-hybridized carbons (Fsp3) is 0.200. The van der Waals surface area contributed by atoms with Gasteiger partial charge >= 0.3 is 0 Å². The number of methoxy groups -OCH3 is 1. The molecular weight excluding hydrogens is 164 g/mol. The summed E-state index contributed by atoms with van der Waals surface area (Å²) >= 11 is 0. The average Bonchev–Trinajstić information content (AvgIpc) is 2.17. The first-order chi connectivity index (χ1) is 6.24. The lowest BCUT2D eigenvalue weighted by atomic mass is 10.1. The molecule has 0 N–H and O–H groups in total. The van der Waals surface area contributed by atoms with Crippen molar-refractivity contribution < 1.29 is 4.74 Å². The monoisotopic (exact) mass is 176 g/mol. The number of hydrogen-bond donors (Lipinski definition) is 0. The topological polar surface area (TPSA) is 34.5 Å². The van der Waals surface area contributed by atoms with Gasteiger partial charge in [0.1, 0.15) is 5.69 Å². The molecule has 0 aliphatic carbocycles. The zero-order chi connectivity index (χ0) is 9.84. The molecule has 0 aliphatic rings. The first-order valence-electron chi connectivity index (χ1n) is 3.87. The molecular formula is C10H12N2O. The Bertz CT molecular complexity index is 345. The van der Waals surface area contributed by atoms with Gasteiger partial charge in [-0.2, -0.15) is 0 Å². The Labute approximate surface area is 77.8 Å². The van der Waals surface area contributed by atoms with E-state index in [9.17, 15) is 0 Å². The molecule has 3 heteroatoms. The Morgan fingerprint density at radius 1 is 1.62 bits per heavy atom. The van der Waals surface area contributed by atoms with Crippen LogP contribution in [0.2, 0.25) is 0 Å². The van der Waals surface area contributed by atoms with Gasteiger partial charge in [0.25, 0.3) is 0 Å². The van der Waals surface area contributed by atoms with E-state index < -0.39 is 0 Å². The summed E-state index contributed by atoms with van der Waals surface area (Å²) in [6.45, 7) is 9.12. The fourth-order valence-electron chi connectivity index (χ4n) is 1.15. The Morgan fingerprint density at radius 2 is 2.31 bits per heavy atom. The molecule has 0 radical (unpaired) electrons. The molecule has 1 heterocycles. The summed E-state index contributed by atoms with van der Waals surface area (Å²) in [4.78, 5) is 7.94. The van der Waals surface area contributed by atoms with E-state index in [2.05, 4.69) is 23.3 Å². The number of aryl methyl sites for hydroxylation is 1. The van der Waals surface area contributed by atoms with Gasteiger partial charge in [0.2, 0.25) is 5.88 Å². The molecule has 68 valence electrons. The number of pyridine rings is 1. The van der Waals surface area contributed by atoms with Crippen LogP contribution in [-0.4, -0.2) is 18.8 Å². The maximum atomic E-state index is 5.04. The van der Waals surface area contributed by atoms with Gasteiger partial charge in [-0.05, 0) is 19.2 Å². The lowest BCUT2D eigenvalue weighted by Crippen LogP contribution is -1.92. The molecule has 1 aromatic heterocycles. The third-order valence-corrected chi connectivity index (χ3v) is 1.81. The minimum absolute atomic E-state index is 0.482. The van der Waals surface area contributed by atoms with E-state index in [-0.39, 0.29) is 0 Å². The maximum absolute atomic E-state index is 5.04. The fourth-order valence-corrected chi connectivity index (χ4v) is 1.15. The SMILES string of the molecule is C=Cc1c(C)cnc(OC)c1N=C. The van der Waals surface area contributed by atoms with Gasteiger partial charge < -0.3 is 4.74 Å². The number of ether oxygens (including phenoxy) is 1. The zero-order valence-electron chi connectivity index (χ0n) is 7.87. The van der Waals surface area contributed by atoms with Crippen LogP contribution in [0.5, 0.6) is 5.88 Å². The van der Waals surface area contributed by atoms with E-state index in [0.717, 1.165) is 11.1 Å². The van der Waals surface area contributed by atoms with Gasteiger partial charge in [-0.1, -0.05) is 12.7 Å². The van der Waals surface area contributed by atoms with Crippen LogP contribution >= 0.6 is 0 Å². The van der Waals surface area contributed by atoms with Crippen molar-refractivity contribution in [3.8, 4) is 5.88 Å². The quantitative estimate of drug-likeness (QED) is 0.662. The molecule has 0 saturated heterocycles. The maximum Gasteiger partial charge on any atom is 0.240 e. The molecule has 3 nitrogen and oxygen atoms in total. The van der Waals surface area contributed by atoms with E-state index in [0.29, 0.717) is 11.6 Å². The van der Waals surface area contributed by atoms with Crippen molar-refractivity contribution in [1.29, 1.82) is 0 Å². The summed E-state index contributed by atoms with van der Waals surface area (Å²) in [5.41, 5.74) is 2.58. The van der Waals surface area contributed by atoms with E-state index in [1.807, 2.05) is 6.92 Å². The van der Waals surface area contributed by atoms with Crippen molar-refractivity contribution >= 4 is 18.5 Å². The third-order valence-electron chi connectivity index (χ3n) is 1.81. The number of rotatable bonds is 3. The molecule has 0 aliphatic heterocycles. The Morgan fingerprint density at radius 3 is 2.77 bits per heavy atom. The minimum atomic E-state index is 0.482. The van der Waals surface area contributed by atoms with Crippen molar-refractivity contribution in [2.24, 2.45) is 4.99 Å². The van der Waals surface area contributed by atoms with Crippen LogP contribution in [0.15, 0.2) is 17.8 Å². The highest BCUT2D eigenvalue weighted by Gasteiger charge is 2.08. The first kappa shape index (κ1) is 9.45. The van der Waals surface area contributed by atoms with Crippen LogP contribution in [-0.2, 0) is 0 Å². The van der Waals surface area contributed by atoms with Crippen LogP contribution in [0.3, 0.4) is 0 Å². The number of aromatic nitrogens is 1. The lowest BCUT2D eigenvalue weighted by molar-refractivity contribution is 0.399. The van der Waals surface area contributed by atoms with E-state index in [1.165, 1.54) is 0 Å². The van der Waals surface area contributed by atoms with Crippen LogP contribution < -0.4 is 4.74 Å². The highest BCUT2D eigenvalue weighted by molar-refractivity contribution is 5.71. The Balaban J connectivity index is 3.44. The van der Waals surface area contributed by atoms with Gasteiger partial charge in [0, 0.05) is 11.8 Å².